The molecule has 1 aliphatic heterocycles. The Morgan fingerprint density at radius 1 is 0.903 bits per heavy atom. The van der Waals surface area contributed by atoms with E-state index in [0.29, 0.717) is 5.92 Å². The van der Waals surface area contributed by atoms with Gasteiger partial charge in [-0.1, -0.05) is 32.0 Å². The molecule has 1 aliphatic rings. The third-order valence-corrected chi connectivity index (χ3v) is 5.52. The maximum Gasteiger partial charge on any atom is 0.229 e. The highest BCUT2D eigenvalue weighted by Crippen LogP contribution is 2.25. The van der Waals surface area contributed by atoms with E-state index in [-0.39, 0.29) is 0 Å². The molecule has 0 spiro atoms. The van der Waals surface area contributed by atoms with Gasteiger partial charge in [0.2, 0.25) is 5.95 Å². The van der Waals surface area contributed by atoms with Crippen LogP contribution in [0.5, 0.6) is 0 Å². The third-order valence-electron chi connectivity index (χ3n) is 5.52. The van der Waals surface area contributed by atoms with Crippen LogP contribution in [0.2, 0.25) is 0 Å². The first-order valence-corrected chi connectivity index (χ1v) is 10.8. The Bertz CT molecular complexity index is 996. The first kappa shape index (κ1) is 20.9. The molecule has 1 aromatic carbocycles. The fourth-order valence-electron chi connectivity index (χ4n) is 3.66. The van der Waals surface area contributed by atoms with Crippen molar-refractivity contribution in [2.75, 3.05) is 60.3 Å². The van der Waals surface area contributed by atoms with Crippen molar-refractivity contribution in [3.63, 3.8) is 0 Å². The Labute approximate surface area is 184 Å². The maximum absolute atomic E-state index is 4.85. The second-order valence-electron chi connectivity index (χ2n) is 8.37. The van der Waals surface area contributed by atoms with E-state index >= 15 is 0 Å². The van der Waals surface area contributed by atoms with Crippen molar-refractivity contribution in [3.8, 4) is 0 Å². The molecule has 162 valence electrons. The van der Waals surface area contributed by atoms with Crippen LogP contribution in [-0.4, -0.2) is 55.2 Å². The molecule has 31 heavy (non-hydrogen) atoms. The molecule has 4 rings (SSSR count). The molecule has 0 bridgehead atoms. The monoisotopic (exact) mass is 417 g/mol. The van der Waals surface area contributed by atoms with Crippen LogP contribution in [0.1, 0.15) is 25.3 Å². The average Bonchev–Trinajstić information content (AvgIpc) is 2.79. The van der Waals surface area contributed by atoms with Crippen molar-refractivity contribution < 1.29 is 0 Å². The predicted octanol–water partition coefficient (Wildman–Crippen LogP) is 4.13. The lowest BCUT2D eigenvalue weighted by molar-refractivity contribution is 0.635. The number of hydrogen-bond acceptors (Lipinski definition) is 7. The number of piperazine rings is 1. The van der Waals surface area contributed by atoms with Gasteiger partial charge < -0.3 is 20.0 Å². The lowest BCUT2D eigenvalue weighted by Gasteiger charge is -2.35. The van der Waals surface area contributed by atoms with E-state index in [1.165, 1.54) is 5.56 Å². The highest BCUT2D eigenvalue weighted by atomic mass is 15.3. The van der Waals surface area contributed by atoms with Gasteiger partial charge in [-0.25, -0.2) is 4.98 Å². The zero-order valence-electron chi connectivity index (χ0n) is 18.8. The second kappa shape index (κ2) is 9.20. The van der Waals surface area contributed by atoms with Gasteiger partial charge in [-0.05, 0) is 35.7 Å². The average molecular weight is 418 g/mol. The molecule has 0 radical (unpaired) electrons. The molecule has 2 aromatic heterocycles. The van der Waals surface area contributed by atoms with E-state index in [2.05, 4.69) is 64.3 Å². The molecular weight excluding hydrogens is 386 g/mol. The summed E-state index contributed by atoms with van der Waals surface area (Å²) in [4.78, 5) is 20.7. The van der Waals surface area contributed by atoms with Crippen molar-refractivity contribution in [2.24, 2.45) is 0 Å². The Morgan fingerprint density at radius 2 is 1.68 bits per heavy atom. The summed E-state index contributed by atoms with van der Waals surface area (Å²) in [5.41, 5.74) is 2.35. The maximum atomic E-state index is 4.85. The summed E-state index contributed by atoms with van der Waals surface area (Å²) in [5.74, 6) is 3.96. The number of nitrogens with zero attached hydrogens (tertiary/aromatic N) is 6. The molecule has 0 aliphatic carbocycles. The smallest absolute Gasteiger partial charge is 0.229 e. The van der Waals surface area contributed by atoms with Crippen LogP contribution in [0.25, 0.3) is 0 Å². The molecule has 0 amide bonds. The summed E-state index contributed by atoms with van der Waals surface area (Å²) in [6.07, 6.45) is 1.84. The van der Waals surface area contributed by atoms with Gasteiger partial charge in [0, 0.05) is 58.2 Å². The molecule has 0 saturated carbocycles. The van der Waals surface area contributed by atoms with Crippen LogP contribution in [0.15, 0.2) is 54.7 Å². The molecular formula is C24H31N7. The Morgan fingerprint density at radius 3 is 2.35 bits per heavy atom. The van der Waals surface area contributed by atoms with Crippen LogP contribution >= 0.6 is 0 Å². The van der Waals surface area contributed by atoms with E-state index in [0.717, 1.165) is 55.3 Å². The van der Waals surface area contributed by atoms with Crippen molar-refractivity contribution >= 4 is 29.1 Å². The number of pyridine rings is 1. The van der Waals surface area contributed by atoms with Gasteiger partial charge in [-0.15, -0.1) is 0 Å². The van der Waals surface area contributed by atoms with Gasteiger partial charge in [0.1, 0.15) is 17.5 Å². The number of nitrogens with one attached hydrogen (secondary N) is 1. The van der Waals surface area contributed by atoms with Crippen LogP contribution in [0.3, 0.4) is 0 Å². The fourth-order valence-corrected chi connectivity index (χ4v) is 3.66. The molecule has 1 saturated heterocycles. The van der Waals surface area contributed by atoms with E-state index < -0.39 is 0 Å². The van der Waals surface area contributed by atoms with E-state index in [1.807, 2.05) is 43.4 Å². The zero-order chi connectivity index (χ0) is 21.8. The molecule has 7 nitrogen and oxygen atoms in total. The third kappa shape index (κ3) is 5.05. The molecule has 0 atom stereocenters. The molecule has 0 unspecified atom stereocenters. The van der Waals surface area contributed by atoms with Gasteiger partial charge in [-0.2, -0.15) is 9.97 Å². The summed E-state index contributed by atoms with van der Waals surface area (Å²) in [6, 6.07) is 16.6. The second-order valence-corrected chi connectivity index (χ2v) is 8.37. The van der Waals surface area contributed by atoms with Crippen molar-refractivity contribution in [1.82, 2.24) is 15.0 Å². The van der Waals surface area contributed by atoms with E-state index in [9.17, 15) is 0 Å². The molecule has 1 fully saturated rings. The minimum Gasteiger partial charge on any atom is -0.363 e. The van der Waals surface area contributed by atoms with Crippen LogP contribution < -0.4 is 20.0 Å². The summed E-state index contributed by atoms with van der Waals surface area (Å²) >= 11 is 0. The van der Waals surface area contributed by atoms with E-state index in [1.54, 1.807) is 0 Å². The topological polar surface area (TPSA) is 60.4 Å². The number of aromatic nitrogens is 3. The van der Waals surface area contributed by atoms with Crippen LogP contribution in [0, 0.1) is 0 Å². The lowest BCUT2D eigenvalue weighted by Crippen LogP contribution is -2.47. The minimum atomic E-state index is 0.482. The summed E-state index contributed by atoms with van der Waals surface area (Å²) in [5, 5.41) is 3.48. The molecule has 1 N–H and O–H groups in total. The Kier molecular flexibility index (Phi) is 6.21. The Balaban J connectivity index is 1.53. The molecule has 7 heteroatoms. The highest BCUT2D eigenvalue weighted by Gasteiger charge is 2.21. The SMILES string of the molecule is CC(C)c1cccc(Nc2cc(N(C)C)nc(N3CCN(c4ccccn4)CC3)n2)c1. The van der Waals surface area contributed by atoms with Crippen molar-refractivity contribution in [3.05, 3.63) is 60.3 Å². The summed E-state index contributed by atoms with van der Waals surface area (Å²) in [7, 11) is 4.02. The van der Waals surface area contributed by atoms with E-state index in [4.69, 9.17) is 9.97 Å². The predicted molar refractivity (Wildman–Crippen MR) is 129 cm³/mol. The summed E-state index contributed by atoms with van der Waals surface area (Å²) in [6.45, 7) is 7.91. The van der Waals surface area contributed by atoms with Crippen molar-refractivity contribution in [2.45, 2.75) is 19.8 Å². The van der Waals surface area contributed by atoms with Crippen molar-refractivity contribution in [1.29, 1.82) is 0 Å². The summed E-state index contributed by atoms with van der Waals surface area (Å²) < 4.78 is 0. The normalized spacial score (nSPS) is 14.1. The number of rotatable bonds is 6. The van der Waals surface area contributed by atoms with Gasteiger partial charge in [0.25, 0.3) is 0 Å². The van der Waals surface area contributed by atoms with Crippen LogP contribution in [-0.2, 0) is 0 Å². The number of hydrogen-bond donors (Lipinski definition) is 1. The number of anilines is 5. The largest absolute Gasteiger partial charge is 0.363 e. The van der Waals surface area contributed by atoms with Gasteiger partial charge in [-0.3, -0.25) is 0 Å². The first-order valence-electron chi connectivity index (χ1n) is 10.8. The molecule has 3 aromatic rings. The zero-order valence-corrected chi connectivity index (χ0v) is 18.8. The highest BCUT2D eigenvalue weighted by molar-refractivity contribution is 5.62. The molecule has 3 heterocycles. The van der Waals surface area contributed by atoms with Gasteiger partial charge >= 0.3 is 0 Å². The number of benzene rings is 1. The quantitative estimate of drug-likeness (QED) is 0.647. The van der Waals surface area contributed by atoms with Gasteiger partial charge in [0.15, 0.2) is 0 Å². The fraction of sp³-hybridized carbons (Fsp3) is 0.375. The first-order chi connectivity index (χ1) is 15.0. The van der Waals surface area contributed by atoms with Gasteiger partial charge in [0.05, 0.1) is 0 Å². The Hall–Kier alpha value is -3.35. The minimum absolute atomic E-state index is 0.482. The lowest BCUT2D eigenvalue weighted by atomic mass is 10.0. The standard InChI is InChI=1S/C24H31N7/c1-18(2)19-8-7-9-20(16-19)26-21-17-23(29(3)4)28-24(27-21)31-14-12-30(13-15-31)22-10-5-6-11-25-22/h5-11,16-18H,12-15H2,1-4H3,(H,26,27,28). The van der Waals surface area contributed by atoms with Crippen LogP contribution in [0.4, 0.5) is 29.1 Å².